The van der Waals surface area contributed by atoms with Crippen LogP contribution in [-0.4, -0.2) is 36.8 Å². The van der Waals surface area contributed by atoms with Crippen molar-refractivity contribution in [1.82, 2.24) is 5.32 Å². The molecule has 9 heteroatoms. The standard InChI is InChI=1S/C12H12F5NO3/c1-21-9-6-7(2-3-8(9)19)4-5-18-10(20)11(13,14)12(15,16)17/h2-3,6,19H,4-5H2,1H3,(H,18,20). The van der Waals surface area contributed by atoms with Gasteiger partial charge in [0.05, 0.1) is 7.11 Å². The molecule has 4 nitrogen and oxygen atoms in total. The third-order valence-electron chi connectivity index (χ3n) is 2.58. The van der Waals surface area contributed by atoms with Gasteiger partial charge in [0, 0.05) is 6.54 Å². The minimum absolute atomic E-state index is 0.00365. The zero-order valence-electron chi connectivity index (χ0n) is 10.8. The highest BCUT2D eigenvalue weighted by Crippen LogP contribution is 2.35. The van der Waals surface area contributed by atoms with Crippen LogP contribution in [0.3, 0.4) is 0 Å². The second-order valence-corrected chi connectivity index (χ2v) is 4.08. The average Bonchev–Trinajstić information content (AvgIpc) is 2.39. The Morgan fingerprint density at radius 3 is 2.43 bits per heavy atom. The van der Waals surface area contributed by atoms with Gasteiger partial charge in [0.25, 0.3) is 5.91 Å². The number of phenolic OH excluding ortho intramolecular Hbond substituents is 1. The first-order valence-electron chi connectivity index (χ1n) is 5.68. The summed E-state index contributed by atoms with van der Waals surface area (Å²) < 4.78 is 65.8. The fourth-order valence-corrected chi connectivity index (χ4v) is 1.44. The van der Waals surface area contributed by atoms with Crippen LogP contribution < -0.4 is 10.1 Å². The molecule has 0 aliphatic heterocycles. The van der Waals surface area contributed by atoms with E-state index >= 15 is 0 Å². The first-order chi connectivity index (χ1) is 9.59. The first-order valence-corrected chi connectivity index (χ1v) is 5.68. The summed E-state index contributed by atoms with van der Waals surface area (Å²) in [5.74, 6) is -7.85. The van der Waals surface area contributed by atoms with Gasteiger partial charge in [-0.2, -0.15) is 22.0 Å². The Balaban J connectivity index is 2.60. The molecule has 1 aromatic carbocycles. The Bertz CT molecular complexity index is 516. The quantitative estimate of drug-likeness (QED) is 0.820. The summed E-state index contributed by atoms with van der Waals surface area (Å²) in [6.07, 6.45) is -5.94. The third kappa shape index (κ3) is 3.96. The summed E-state index contributed by atoms with van der Waals surface area (Å²) in [5.41, 5.74) is 0.486. The number of methoxy groups -OCH3 is 1. The van der Waals surface area contributed by atoms with Crippen LogP contribution in [0.5, 0.6) is 11.5 Å². The van der Waals surface area contributed by atoms with Crippen LogP contribution in [0.2, 0.25) is 0 Å². The van der Waals surface area contributed by atoms with Gasteiger partial charge in [-0.05, 0) is 24.1 Å². The van der Waals surface area contributed by atoms with Crippen molar-refractivity contribution < 1.29 is 36.6 Å². The van der Waals surface area contributed by atoms with Crippen LogP contribution in [0.25, 0.3) is 0 Å². The molecule has 0 fully saturated rings. The molecule has 0 saturated carbocycles. The maximum Gasteiger partial charge on any atom is 0.463 e. The van der Waals surface area contributed by atoms with Gasteiger partial charge in [0.1, 0.15) is 0 Å². The molecule has 0 unspecified atom stereocenters. The number of carbonyl (C=O) groups excluding carboxylic acids is 1. The van der Waals surface area contributed by atoms with Crippen molar-refractivity contribution in [3.05, 3.63) is 23.8 Å². The van der Waals surface area contributed by atoms with E-state index in [9.17, 15) is 31.9 Å². The number of phenols is 1. The zero-order chi connectivity index (χ0) is 16.3. The van der Waals surface area contributed by atoms with Crippen molar-refractivity contribution in [2.75, 3.05) is 13.7 Å². The van der Waals surface area contributed by atoms with E-state index in [1.54, 1.807) is 0 Å². The molecule has 0 aromatic heterocycles. The first kappa shape index (κ1) is 17.0. The fourth-order valence-electron chi connectivity index (χ4n) is 1.44. The Hall–Kier alpha value is -2.06. The number of hydrogen-bond acceptors (Lipinski definition) is 3. The molecule has 0 atom stereocenters. The lowest BCUT2D eigenvalue weighted by Gasteiger charge is -2.18. The molecule has 0 spiro atoms. The normalized spacial score (nSPS) is 12.1. The lowest BCUT2D eigenvalue weighted by molar-refractivity contribution is -0.269. The molecule has 0 aliphatic rings. The Morgan fingerprint density at radius 1 is 1.29 bits per heavy atom. The van der Waals surface area contributed by atoms with Crippen molar-refractivity contribution in [2.24, 2.45) is 0 Å². The number of alkyl halides is 5. The molecule has 0 bridgehead atoms. The SMILES string of the molecule is COc1cc(CCNC(=O)C(F)(F)C(F)(F)F)ccc1O. The highest BCUT2D eigenvalue weighted by Gasteiger charge is 2.63. The predicted octanol–water partition coefficient (Wildman–Crippen LogP) is 2.26. The van der Waals surface area contributed by atoms with Crippen molar-refractivity contribution in [3.8, 4) is 11.5 Å². The van der Waals surface area contributed by atoms with E-state index in [-0.39, 0.29) is 17.9 Å². The minimum Gasteiger partial charge on any atom is -0.504 e. The van der Waals surface area contributed by atoms with Crippen LogP contribution >= 0.6 is 0 Å². The number of halogens is 5. The molecule has 1 amide bonds. The minimum atomic E-state index is -5.93. The summed E-state index contributed by atoms with van der Waals surface area (Å²) in [5, 5.41) is 10.8. The number of rotatable bonds is 5. The monoisotopic (exact) mass is 313 g/mol. The van der Waals surface area contributed by atoms with Gasteiger partial charge in [0.2, 0.25) is 0 Å². The van der Waals surface area contributed by atoms with Crippen molar-refractivity contribution >= 4 is 5.91 Å². The van der Waals surface area contributed by atoms with Gasteiger partial charge in [0.15, 0.2) is 11.5 Å². The second-order valence-electron chi connectivity index (χ2n) is 4.08. The van der Waals surface area contributed by atoms with Crippen molar-refractivity contribution in [2.45, 2.75) is 18.5 Å². The van der Waals surface area contributed by atoms with Gasteiger partial charge in [-0.1, -0.05) is 6.07 Å². The number of carbonyl (C=O) groups is 1. The molecule has 118 valence electrons. The number of hydrogen-bond donors (Lipinski definition) is 2. The lowest BCUT2D eigenvalue weighted by Crippen LogP contribution is -2.50. The maximum atomic E-state index is 12.6. The molecular formula is C12H12F5NO3. The number of benzene rings is 1. The summed E-state index contributed by atoms with van der Waals surface area (Å²) in [6.45, 7) is -0.418. The van der Waals surface area contributed by atoms with E-state index < -0.39 is 24.6 Å². The number of nitrogens with one attached hydrogen (secondary N) is 1. The van der Waals surface area contributed by atoms with Gasteiger partial charge < -0.3 is 15.2 Å². The number of ether oxygens (including phenoxy) is 1. The van der Waals surface area contributed by atoms with Crippen LogP contribution in [0.15, 0.2) is 18.2 Å². The van der Waals surface area contributed by atoms with E-state index in [0.717, 1.165) is 0 Å². The Labute approximate surface area is 116 Å². The average molecular weight is 313 g/mol. The fraction of sp³-hybridized carbons (Fsp3) is 0.417. The number of aromatic hydroxyl groups is 1. The molecule has 0 heterocycles. The van der Waals surface area contributed by atoms with Crippen LogP contribution in [0.4, 0.5) is 22.0 Å². The van der Waals surface area contributed by atoms with Crippen molar-refractivity contribution in [3.63, 3.8) is 0 Å². The Kier molecular flexibility index (Phi) is 4.97. The van der Waals surface area contributed by atoms with Gasteiger partial charge in [-0.25, -0.2) is 0 Å². The smallest absolute Gasteiger partial charge is 0.463 e. The molecule has 1 aromatic rings. The molecule has 0 aliphatic carbocycles. The molecule has 0 radical (unpaired) electrons. The summed E-state index contributed by atoms with van der Waals surface area (Å²) in [4.78, 5) is 10.8. The van der Waals surface area contributed by atoms with E-state index in [4.69, 9.17) is 4.74 Å². The molecule has 21 heavy (non-hydrogen) atoms. The zero-order valence-corrected chi connectivity index (χ0v) is 10.8. The third-order valence-corrected chi connectivity index (χ3v) is 2.58. The summed E-state index contributed by atoms with van der Waals surface area (Å²) >= 11 is 0. The largest absolute Gasteiger partial charge is 0.504 e. The van der Waals surface area contributed by atoms with Crippen LogP contribution in [0, 0.1) is 0 Å². The predicted molar refractivity (Wildman–Crippen MR) is 62.4 cm³/mol. The van der Waals surface area contributed by atoms with Gasteiger partial charge in [-0.3, -0.25) is 4.79 Å². The molecule has 1 rings (SSSR count). The van der Waals surface area contributed by atoms with Crippen LogP contribution in [-0.2, 0) is 11.2 Å². The Morgan fingerprint density at radius 2 is 1.90 bits per heavy atom. The number of amides is 1. The summed E-state index contributed by atoms with van der Waals surface area (Å²) in [6, 6.07) is 4.08. The van der Waals surface area contributed by atoms with E-state index in [1.807, 2.05) is 0 Å². The maximum absolute atomic E-state index is 12.6. The highest BCUT2D eigenvalue weighted by atomic mass is 19.4. The van der Waals surface area contributed by atoms with Gasteiger partial charge in [-0.15, -0.1) is 0 Å². The molecule has 2 N–H and O–H groups in total. The lowest BCUT2D eigenvalue weighted by atomic mass is 10.1. The van der Waals surface area contributed by atoms with E-state index in [2.05, 4.69) is 0 Å². The molecular weight excluding hydrogens is 301 g/mol. The summed E-state index contributed by atoms with van der Waals surface area (Å²) in [7, 11) is 1.30. The highest BCUT2D eigenvalue weighted by molar-refractivity contribution is 5.84. The van der Waals surface area contributed by atoms with E-state index in [1.165, 1.54) is 30.6 Å². The topological polar surface area (TPSA) is 58.6 Å². The second kappa shape index (κ2) is 6.15. The van der Waals surface area contributed by atoms with E-state index in [0.29, 0.717) is 5.56 Å². The van der Waals surface area contributed by atoms with Crippen LogP contribution in [0.1, 0.15) is 5.56 Å². The van der Waals surface area contributed by atoms with Gasteiger partial charge >= 0.3 is 12.1 Å². The van der Waals surface area contributed by atoms with Crippen molar-refractivity contribution in [1.29, 1.82) is 0 Å². The molecule has 0 saturated heterocycles.